The van der Waals surface area contributed by atoms with E-state index in [-0.39, 0.29) is 13.2 Å². The van der Waals surface area contributed by atoms with Gasteiger partial charge in [-0.3, -0.25) is 4.90 Å². The molecule has 3 heteroatoms. The van der Waals surface area contributed by atoms with Crippen molar-refractivity contribution in [2.45, 2.75) is 39.7 Å². The lowest BCUT2D eigenvalue weighted by Gasteiger charge is -2.31. The average Bonchev–Trinajstić information content (AvgIpc) is 2.13. The molecule has 0 aliphatic rings. The summed E-state index contributed by atoms with van der Waals surface area (Å²) in [5.74, 6) is 0.667. The van der Waals surface area contributed by atoms with Crippen LogP contribution in [0.4, 0.5) is 0 Å². The van der Waals surface area contributed by atoms with Crippen LogP contribution in [0, 0.1) is 5.92 Å². The largest absolute Gasteiger partial charge is 0.395 e. The van der Waals surface area contributed by atoms with Crippen LogP contribution in [0.1, 0.15) is 33.6 Å². The molecule has 0 saturated heterocycles. The first-order valence-electron chi connectivity index (χ1n) is 5.61. The number of aliphatic hydroxyl groups is 2. The van der Waals surface area contributed by atoms with Gasteiger partial charge in [0.25, 0.3) is 0 Å². The third-order valence-corrected chi connectivity index (χ3v) is 2.51. The summed E-state index contributed by atoms with van der Waals surface area (Å²) in [7, 11) is 0. The van der Waals surface area contributed by atoms with Gasteiger partial charge in [0.05, 0.1) is 13.2 Å². The summed E-state index contributed by atoms with van der Waals surface area (Å²) in [6, 6.07) is 0.495. The van der Waals surface area contributed by atoms with Gasteiger partial charge in [0.2, 0.25) is 0 Å². The van der Waals surface area contributed by atoms with E-state index in [1.54, 1.807) is 0 Å². The SMILES string of the molecule is CCC(CC(C)C)N(CCO)CCO. The normalized spacial score (nSPS) is 13.9. The monoisotopic (exact) mass is 203 g/mol. The van der Waals surface area contributed by atoms with Crippen molar-refractivity contribution < 1.29 is 10.2 Å². The van der Waals surface area contributed by atoms with Gasteiger partial charge in [0.15, 0.2) is 0 Å². The van der Waals surface area contributed by atoms with E-state index in [0.717, 1.165) is 12.8 Å². The van der Waals surface area contributed by atoms with Crippen molar-refractivity contribution in [2.24, 2.45) is 5.92 Å². The smallest absolute Gasteiger partial charge is 0.0558 e. The summed E-state index contributed by atoms with van der Waals surface area (Å²) in [6.45, 7) is 8.27. The highest BCUT2D eigenvalue weighted by Crippen LogP contribution is 2.14. The molecule has 14 heavy (non-hydrogen) atoms. The molecule has 86 valence electrons. The molecule has 0 aromatic rings. The molecular formula is C11H25NO2. The standard InChI is InChI=1S/C11H25NO2/c1-4-11(9-10(2)3)12(5-7-13)6-8-14/h10-11,13-14H,4-9H2,1-3H3. The van der Waals surface area contributed by atoms with Crippen LogP contribution < -0.4 is 0 Å². The highest BCUT2D eigenvalue weighted by Gasteiger charge is 2.16. The van der Waals surface area contributed by atoms with Crippen LogP contribution in [0.5, 0.6) is 0 Å². The molecule has 0 aromatic heterocycles. The molecule has 0 aromatic carbocycles. The Kier molecular flexibility index (Phi) is 8.14. The molecule has 0 aliphatic carbocycles. The zero-order valence-electron chi connectivity index (χ0n) is 9.74. The second-order valence-electron chi connectivity index (χ2n) is 4.17. The minimum atomic E-state index is 0.175. The molecule has 0 bridgehead atoms. The fraction of sp³-hybridized carbons (Fsp3) is 1.00. The van der Waals surface area contributed by atoms with Crippen molar-refractivity contribution in [1.82, 2.24) is 4.90 Å². The summed E-state index contributed by atoms with van der Waals surface area (Å²) in [5, 5.41) is 17.8. The number of aliphatic hydroxyl groups excluding tert-OH is 2. The van der Waals surface area contributed by atoms with Crippen molar-refractivity contribution >= 4 is 0 Å². The summed E-state index contributed by atoms with van der Waals surface area (Å²) in [4.78, 5) is 2.18. The van der Waals surface area contributed by atoms with Crippen molar-refractivity contribution in [2.75, 3.05) is 26.3 Å². The zero-order valence-corrected chi connectivity index (χ0v) is 9.74. The van der Waals surface area contributed by atoms with Gasteiger partial charge >= 0.3 is 0 Å². The Balaban J connectivity index is 4.10. The Morgan fingerprint density at radius 1 is 1.07 bits per heavy atom. The van der Waals surface area contributed by atoms with Crippen molar-refractivity contribution in [3.8, 4) is 0 Å². The topological polar surface area (TPSA) is 43.7 Å². The molecule has 0 aliphatic heterocycles. The van der Waals surface area contributed by atoms with E-state index in [9.17, 15) is 0 Å². The first kappa shape index (κ1) is 13.9. The van der Waals surface area contributed by atoms with Gasteiger partial charge < -0.3 is 10.2 Å². The molecule has 1 unspecified atom stereocenters. The molecule has 0 amide bonds. The molecule has 0 saturated carbocycles. The van der Waals surface area contributed by atoms with Gasteiger partial charge in [-0.15, -0.1) is 0 Å². The van der Waals surface area contributed by atoms with Crippen molar-refractivity contribution in [1.29, 1.82) is 0 Å². The lowest BCUT2D eigenvalue weighted by atomic mass is 10.0. The lowest BCUT2D eigenvalue weighted by Crippen LogP contribution is -2.39. The number of rotatable bonds is 8. The molecule has 0 spiro atoms. The van der Waals surface area contributed by atoms with E-state index in [2.05, 4.69) is 25.7 Å². The highest BCUT2D eigenvalue weighted by molar-refractivity contribution is 4.71. The third-order valence-electron chi connectivity index (χ3n) is 2.51. The Labute approximate surface area is 87.7 Å². The fourth-order valence-corrected chi connectivity index (χ4v) is 1.85. The molecule has 0 heterocycles. The van der Waals surface area contributed by atoms with Gasteiger partial charge in [0, 0.05) is 19.1 Å². The first-order valence-corrected chi connectivity index (χ1v) is 5.61. The molecule has 0 rings (SSSR count). The van der Waals surface area contributed by atoms with Gasteiger partial charge in [-0.05, 0) is 18.8 Å². The third kappa shape index (κ3) is 5.58. The molecular weight excluding hydrogens is 178 g/mol. The van der Waals surface area contributed by atoms with Crippen LogP contribution in [0.25, 0.3) is 0 Å². The van der Waals surface area contributed by atoms with Crippen LogP contribution in [-0.2, 0) is 0 Å². The summed E-state index contributed by atoms with van der Waals surface area (Å²) in [6.07, 6.45) is 2.22. The van der Waals surface area contributed by atoms with E-state index < -0.39 is 0 Å². The average molecular weight is 203 g/mol. The van der Waals surface area contributed by atoms with Crippen LogP contribution in [0.3, 0.4) is 0 Å². The van der Waals surface area contributed by atoms with Gasteiger partial charge in [-0.2, -0.15) is 0 Å². The second kappa shape index (κ2) is 8.21. The van der Waals surface area contributed by atoms with E-state index in [1.165, 1.54) is 0 Å². The fourth-order valence-electron chi connectivity index (χ4n) is 1.85. The molecule has 2 N–H and O–H groups in total. The second-order valence-corrected chi connectivity index (χ2v) is 4.17. The van der Waals surface area contributed by atoms with Crippen molar-refractivity contribution in [3.63, 3.8) is 0 Å². The maximum atomic E-state index is 8.92. The molecule has 3 nitrogen and oxygen atoms in total. The van der Waals surface area contributed by atoms with Crippen LogP contribution in [-0.4, -0.2) is 47.5 Å². The summed E-state index contributed by atoms with van der Waals surface area (Å²) in [5.41, 5.74) is 0. The van der Waals surface area contributed by atoms with E-state index in [1.807, 2.05) is 0 Å². The predicted molar refractivity (Wildman–Crippen MR) is 59.3 cm³/mol. The Morgan fingerprint density at radius 3 is 1.86 bits per heavy atom. The Morgan fingerprint density at radius 2 is 1.57 bits per heavy atom. The van der Waals surface area contributed by atoms with E-state index in [4.69, 9.17) is 10.2 Å². The number of hydrogen-bond donors (Lipinski definition) is 2. The minimum absolute atomic E-state index is 0.175. The summed E-state index contributed by atoms with van der Waals surface area (Å²) < 4.78 is 0. The first-order chi connectivity index (χ1) is 6.65. The quantitative estimate of drug-likeness (QED) is 0.621. The van der Waals surface area contributed by atoms with Crippen LogP contribution in [0.2, 0.25) is 0 Å². The van der Waals surface area contributed by atoms with E-state index >= 15 is 0 Å². The number of nitrogens with zero attached hydrogens (tertiary/aromatic N) is 1. The maximum Gasteiger partial charge on any atom is 0.0558 e. The predicted octanol–water partition coefficient (Wildman–Crippen LogP) is 1.10. The molecule has 1 atom stereocenters. The van der Waals surface area contributed by atoms with Gasteiger partial charge in [-0.25, -0.2) is 0 Å². The molecule has 0 fully saturated rings. The van der Waals surface area contributed by atoms with Gasteiger partial charge in [-0.1, -0.05) is 20.8 Å². The molecule has 0 radical (unpaired) electrons. The minimum Gasteiger partial charge on any atom is -0.395 e. The van der Waals surface area contributed by atoms with Crippen LogP contribution in [0.15, 0.2) is 0 Å². The lowest BCUT2D eigenvalue weighted by molar-refractivity contribution is 0.108. The zero-order chi connectivity index (χ0) is 11.0. The highest BCUT2D eigenvalue weighted by atomic mass is 16.3. The van der Waals surface area contributed by atoms with E-state index in [0.29, 0.717) is 25.0 Å². The van der Waals surface area contributed by atoms with Crippen molar-refractivity contribution in [3.05, 3.63) is 0 Å². The van der Waals surface area contributed by atoms with Crippen LogP contribution >= 0.6 is 0 Å². The maximum absolute atomic E-state index is 8.92. The van der Waals surface area contributed by atoms with Gasteiger partial charge in [0.1, 0.15) is 0 Å². The Bertz CT molecular complexity index is 122. The Hall–Kier alpha value is -0.120. The number of hydrogen-bond acceptors (Lipinski definition) is 3. The summed E-state index contributed by atoms with van der Waals surface area (Å²) >= 11 is 0.